The number of thioether (sulfide) groups is 1. The highest BCUT2D eigenvalue weighted by Gasteiger charge is 2.34. The lowest BCUT2D eigenvalue weighted by Crippen LogP contribution is -2.48. The Balaban J connectivity index is 3.44. The Bertz CT molecular complexity index is 601. The van der Waals surface area contributed by atoms with Crippen molar-refractivity contribution in [3.63, 3.8) is 0 Å². The van der Waals surface area contributed by atoms with E-state index in [9.17, 15) is 18.0 Å². The monoisotopic (exact) mass is 303 g/mol. The summed E-state index contributed by atoms with van der Waals surface area (Å²) >= 11 is 1.18. The number of nitrogens with zero attached hydrogens (tertiary/aromatic N) is 1. The third-order valence-corrected chi connectivity index (χ3v) is 4.85. The van der Waals surface area contributed by atoms with Crippen molar-refractivity contribution in [2.45, 2.75) is 9.79 Å². The van der Waals surface area contributed by atoms with Gasteiger partial charge in [0.15, 0.2) is 0 Å². The first-order valence-electron chi connectivity index (χ1n) is 5.05. The van der Waals surface area contributed by atoms with Crippen LogP contribution in [-0.2, 0) is 10.0 Å². The number of nitrogens with two attached hydrogens (primary N) is 1. The molecule has 0 fully saturated rings. The number of amides is 4. The Hall–Kier alpha value is -1.74. The van der Waals surface area contributed by atoms with E-state index in [0.29, 0.717) is 4.90 Å². The van der Waals surface area contributed by atoms with Gasteiger partial charge in [-0.2, -0.15) is 0 Å². The van der Waals surface area contributed by atoms with E-state index in [2.05, 4.69) is 5.32 Å². The fourth-order valence-corrected chi connectivity index (χ4v) is 3.73. The molecule has 0 atom stereocenters. The van der Waals surface area contributed by atoms with Crippen LogP contribution >= 0.6 is 11.8 Å². The van der Waals surface area contributed by atoms with Gasteiger partial charge in [-0.3, -0.25) is 0 Å². The van der Waals surface area contributed by atoms with Gasteiger partial charge in [0.25, 0.3) is 10.0 Å². The van der Waals surface area contributed by atoms with Crippen molar-refractivity contribution >= 4 is 33.8 Å². The molecule has 1 aromatic carbocycles. The van der Waals surface area contributed by atoms with E-state index >= 15 is 0 Å². The zero-order valence-corrected chi connectivity index (χ0v) is 11.9. The van der Waals surface area contributed by atoms with Gasteiger partial charge in [-0.25, -0.2) is 18.0 Å². The second-order valence-electron chi connectivity index (χ2n) is 3.31. The average molecular weight is 303 g/mol. The molecule has 104 valence electrons. The predicted molar refractivity (Wildman–Crippen MR) is 71.3 cm³/mol. The van der Waals surface area contributed by atoms with Crippen molar-refractivity contribution in [1.82, 2.24) is 9.62 Å². The largest absolute Gasteiger partial charge is 0.350 e. The van der Waals surface area contributed by atoms with Gasteiger partial charge in [0.1, 0.15) is 4.90 Å². The Labute approximate surface area is 115 Å². The Kier molecular flexibility index (Phi) is 4.78. The maximum absolute atomic E-state index is 12.3. The molecule has 0 aromatic heterocycles. The van der Waals surface area contributed by atoms with E-state index in [1.54, 1.807) is 18.4 Å². The van der Waals surface area contributed by atoms with Crippen LogP contribution in [0.1, 0.15) is 0 Å². The van der Waals surface area contributed by atoms with E-state index in [4.69, 9.17) is 5.73 Å². The minimum absolute atomic E-state index is 0.00204. The summed E-state index contributed by atoms with van der Waals surface area (Å²) in [5, 5.41) is 2.06. The molecule has 0 bridgehead atoms. The number of sulfonamides is 1. The number of carbonyl (C=O) groups is 2. The second-order valence-corrected chi connectivity index (χ2v) is 5.92. The summed E-state index contributed by atoms with van der Waals surface area (Å²) in [6.45, 7) is 0. The van der Waals surface area contributed by atoms with Crippen LogP contribution in [0, 0.1) is 0 Å². The van der Waals surface area contributed by atoms with Gasteiger partial charge < -0.3 is 11.1 Å². The molecular weight excluding hydrogens is 290 g/mol. The van der Waals surface area contributed by atoms with Gasteiger partial charge >= 0.3 is 12.1 Å². The van der Waals surface area contributed by atoms with E-state index < -0.39 is 22.1 Å². The first-order valence-corrected chi connectivity index (χ1v) is 7.72. The number of nitrogens with one attached hydrogen (secondary N) is 1. The molecule has 0 saturated carbocycles. The number of benzene rings is 1. The van der Waals surface area contributed by atoms with Crippen LogP contribution in [0.25, 0.3) is 0 Å². The molecule has 1 aromatic rings. The van der Waals surface area contributed by atoms with Crippen molar-refractivity contribution in [2.75, 3.05) is 13.3 Å². The fourth-order valence-electron chi connectivity index (χ4n) is 1.36. The summed E-state index contributed by atoms with van der Waals surface area (Å²) in [6, 6.07) is 3.55. The lowest BCUT2D eigenvalue weighted by Gasteiger charge is -2.19. The summed E-state index contributed by atoms with van der Waals surface area (Å²) in [5.74, 6) is 0. The molecule has 0 unspecified atom stereocenters. The molecule has 3 N–H and O–H groups in total. The smallest absolute Gasteiger partial charge is 0.339 e. The molecule has 0 spiro atoms. The Morgan fingerprint density at radius 2 is 1.89 bits per heavy atom. The van der Waals surface area contributed by atoms with Gasteiger partial charge in [-0.15, -0.1) is 16.1 Å². The molecule has 0 aliphatic carbocycles. The maximum Gasteiger partial charge on any atom is 0.339 e. The molecule has 7 nitrogen and oxygen atoms in total. The van der Waals surface area contributed by atoms with E-state index in [0.717, 1.165) is 0 Å². The number of urea groups is 2. The Morgan fingerprint density at radius 1 is 1.32 bits per heavy atom. The molecule has 9 heteroatoms. The summed E-state index contributed by atoms with van der Waals surface area (Å²) in [7, 11) is -3.13. The Morgan fingerprint density at radius 3 is 2.37 bits per heavy atom. The van der Waals surface area contributed by atoms with E-state index in [-0.39, 0.29) is 9.20 Å². The zero-order chi connectivity index (χ0) is 14.6. The van der Waals surface area contributed by atoms with Crippen molar-refractivity contribution in [3.05, 3.63) is 24.3 Å². The standard InChI is InChI=1S/C10H13N3O4S2/c1-12-10(15)13(9(11)14)19(16,17)8-6-4-3-5-7(8)18-2/h3-6H,1-2H3,(H2,11,14)(H,12,15). The summed E-state index contributed by atoms with van der Waals surface area (Å²) in [5.41, 5.74) is 4.97. The minimum Gasteiger partial charge on any atom is -0.350 e. The first-order chi connectivity index (χ1) is 8.86. The third-order valence-electron chi connectivity index (χ3n) is 2.19. The van der Waals surface area contributed by atoms with Crippen molar-refractivity contribution in [3.8, 4) is 0 Å². The van der Waals surface area contributed by atoms with Gasteiger partial charge in [-0.05, 0) is 18.4 Å². The van der Waals surface area contributed by atoms with Crippen molar-refractivity contribution < 1.29 is 18.0 Å². The molecule has 0 aliphatic heterocycles. The highest BCUT2D eigenvalue weighted by Crippen LogP contribution is 2.26. The molecule has 0 saturated heterocycles. The molecule has 4 amide bonds. The van der Waals surface area contributed by atoms with Crippen molar-refractivity contribution in [1.29, 1.82) is 0 Å². The number of carbonyl (C=O) groups excluding carboxylic acids is 2. The molecule has 0 heterocycles. The van der Waals surface area contributed by atoms with E-state index in [1.165, 1.54) is 30.9 Å². The molecule has 0 aliphatic rings. The number of hydrogen-bond donors (Lipinski definition) is 2. The van der Waals surface area contributed by atoms with Crippen LogP contribution < -0.4 is 11.1 Å². The number of imide groups is 1. The summed E-state index contributed by atoms with van der Waals surface area (Å²) < 4.78 is 24.6. The van der Waals surface area contributed by atoms with Crippen molar-refractivity contribution in [2.24, 2.45) is 5.73 Å². The normalized spacial score (nSPS) is 10.8. The fraction of sp³-hybridized carbons (Fsp3) is 0.200. The van der Waals surface area contributed by atoms with Gasteiger partial charge in [0.05, 0.1) is 0 Å². The first kappa shape index (κ1) is 15.3. The molecule has 19 heavy (non-hydrogen) atoms. The summed E-state index contributed by atoms with van der Waals surface area (Å²) in [6.07, 6.45) is 1.68. The van der Waals surface area contributed by atoms with Crippen LogP contribution in [0.2, 0.25) is 0 Å². The third kappa shape index (κ3) is 2.99. The molecule has 0 radical (unpaired) electrons. The topological polar surface area (TPSA) is 110 Å². The van der Waals surface area contributed by atoms with Gasteiger partial charge in [-0.1, -0.05) is 12.1 Å². The second kappa shape index (κ2) is 5.93. The lowest BCUT2D eigenvalue weighted by atomic mass is 10.4. The highest BCUT2D eigenvalue weighted by atomic mass is 32.2. The average Bonchev–Trinajstić information content (AvgIpc) is 2.37. The van der Waals surface area contributed by atoms with Gasteiger partial charge in [0, 0.05) is 11.9 Å². The van der Waals surface area contributed by atoms with Crippen LogP contribution in [0.4, 0.5) is 9.59 Å². The predicted octanol–water partition coefficient (Wildman–Crippen LogP) is 0.817. The zero-order valence-electron chi connectivity index (χ0n) is 10.3. The van der Waals surface area contributed by atoms with Crippen LogP contribution in [0.3, 0.4) is 0 Å². The highest BCUT2D eigenvalue weighted by molar-refractivity contribution is 7.99. The number of primary amides is 1. The van der Waals surface area contributed by atoms with Gasteiger partial charge in [0.2, 0.25) is 0 Å². The number of hydrogen-bond acceptors (Lipinski definition) is 5. The SMILES string of the molecule is CNC(=O)N(C(N)=O)S(=O)(=O)c1ccccc1SC. The maximum atomic E-state index is 12.3. The minimum atomic E-state index is -4.33. The lowest BCUT2D eigenvalue weighted by molar-refractivity contribution is 0.214. The number of rotatable bonds is 3. The summed E-state index contributed by atoms with van der Waals surface area (Å²) in [4.78, 5) is 23.0. The van der Waals surface area contributed by atoms with Crippen LogP contribution in [-0.4, -0.2) is 38.1 Å². The van der Waals surface area contributed by atoms with Crippen LogP contribution in [0.5, 0.6) is 0 Å². The molecular formula is C10H13N3O4S2. The quantitative estimate of drug-likeness (QED) is 0.803. The van der Waals surface area contributed by atoms with E-state index in [1.807, 2.05) is 0 Å². The molecule has 1 rings (SSSR count). The van der Waals surface area contributed by atoms with Crippen LogP contribution in [0.15, 0.2) is 34.1 Å².